The number of nitrogens with one attached hydrogen (secondary N) is 3. The number of aliphatic hydroxyl groups is 1. The quantitative estimate of drug-likeness (QED) is 0.119. The lowest BCUT2D eigenvalue weighted by Gasteiger charge is -2.25. The van der Waals surface area contributed by atoms with Crippen LogP contribution < -0.4 is 27.4 Å². The van der Waals surface area contributed by atoms with Gasteiger partial charge in [-0.15, -0.1) is 0 Å². The number of rotatable bonds is 15. The molecule has 0 heterocycles. The van der Waals surface area contributed by atoms with E-state index in [-0.39, 0.29) is 12.3 Å². The van der Waals surface area contributed by atoms with E-state index in [1.807, 2.05) is 5.32 Å². The molecule has 4 atom stereocenters. The molecule has 0 aromatic carbocycles. The van der Waals surface area contributed by atoms with Crippen LogP contribution in [0.2, 0.25) is 0 Å². The summed E-state index contributed by atoms with van der Waals surface area (Å²) in [5.41, 5.74) is 11.2. The van der Waals surface area contributed by atoms with E-state index in [0.717, 1.165) is 0 Å². The molecule has 0 aliphatic heterocycles. The molecule has 0 aliphatic carbocycles. The average Bonchev–Trinajstić information content (AvgIpc) is 2.69. The molecule has 0 bridgehead atoms. The maximum Gasteiger partial charge on any atom is 0.326 e. The lowest BCUT2D eigenvalue weighted by molar-refractivity contribution is -0.147. The van der Waals surface area contributed by atoms with E-state index in [0.29, 0.717) is 19.4 Å². The Balaban J connectivity index is 5.25. The number of carboxylic acids is 2. The number of hydrogen-bond acceptors (Lipinski definition) is 8. The minimum Gasteiger partial charge on any atom is -0.481 e. The van der Waals surface area contributed by atoms with Gasteiger partial charge in [-0.3, -0.25) is 19.2 Å². The van der Waals surface area contributed by atoms with Crippen LogP contribution in [-0.4, -0.2) is 82.3 Å². The van der Waals surface area contributed by atoms with Crippen molar-refractivity contribution in [3.8, 4) is 0 Å². The van der Waals surface area contributed by atoms with Crippen molar-refractivity contribution in [1.82, 2.24) is 16.0 Å². The van der Waals surface area contributed by atoms with E-state index in [1.54, 1.807) is 13.8 Å². The van der Waals surface area contributed by atoms with Crippen LogP contribution in [0.3, 0.4) is 0 Å². The predicted octanol–water partition coefficient (Wildman–Crippen LogP) is -2.90. The summed E-state index contributed by atoms with van der Waals surface area (Å²) < 4.78 is 0. The van der Waals surface area contributed by atoms with Crippen molar-refractivity contribution in [2.75, 3.05) is 13.2 Å². The topological polar surface area (TPSA) is 234 Å². The molecular weight excluding hydrogens is 414 g/mol. The summed E-state index contributed by atoms with van der Waals surface area (Å²) in [6.07, 6.45) is 0.366. The van der Waals surface area contributed by atoms with Crippen molar-refractivity contribution in [3.05, 3.63) is 0 Å². The van der Waals surface area contributed by atoms with Crippen LogP contribution in [0.25, 0.3) is 0 Å². The Morgan fingerprint density at radius 3 is 1.81 bits per heavy atom. The second kappa shape index (κ2) is 14.3. The van der Waals surface area contributed by atoms with Crippen LogP contribution in [0.15, 0.2) is 0 Å². The van der Waals surface area contributed by atoms with Gasteiger partial charge in [0.05, 0.1) is 19.1 Å². The normalized spacial score (nSPS) is 14.8. The first kappa shape index (κ1) is 28.2. The Bertz CT molecular complexity index is 642. The van der Waals surface area contributed by atoms with Crippen LogP contribution >= 0.6 is 0 Å². The molecule has 0 spiro atoms. The Morgan fingerprint density at radius 2 is 1.35 bits per heavy atom. The summed E-state index contributed by atoms with van der Waals surface area (Å²) in [6, 6.07) is -5.25. The standard InChI is InChI=1S/C18H33N5O8/c1-9(2)14(20)17(29)21-10(5-3-4-6-19)15(27)23-12(8-24)16(28)22-11(18(30)31)7-13(25)26/h9-12,14,24H,3-8,19-20H2,1-2H3,(H,21,29)(H,22,28)(H,23,27)(H,25,26)(H,30,31). The molecule has 4 unspecified atom stereocenters. The van der Waals surface area contributed by atoms with Crippen molar-refractivity contribution in [2.24, 2.45) is 17.4 Å². The first-order valence-electron chi connectivity index (χ1n) is 9.86. The molecule has 13 heteroatoms. The average molecular weight is 447 g/mol. The number of carboxylic acid groups (broad SMARTS) is 2. The third kappa shape index (κ3) is 10.7. The predicted molar refractivity (Wildman–Crippen MR) is 108 cm³/mol. The van der Waals surface area contributed by atoms with Gasteiger partial charge in [0, 0.05) is 0 Å². The summed E-state index contributed by atoms with van der Waals surface area (Å²) in [4.78, 5) is 59.0. The minimum absolute atomic E-state index is 0.189. The van der Waals surface area contributed by atoms with Gasteiger partial charge < -0.3 is 42.7 Å². The van der Waals surface area contributed by atoms with Gasteiger partial charge in [0.2, 0.25) is 17.7 Å². The van der Waals surface area contributed by atoms with Crippen LogP contribution in [0.5, 0.6) is 0 Å². The third-order valence-corrected chi connectivity index (χ3v) is 4.41. The summed E-state index contributed by atoms with van der Waals surface area (Å²) >= 11 is 0. The second-order valence-electron chi connectivity index (χ2n) is 7.36. The van der Waals surface area contributed by atoms with Crippen LogP contribution in [0, 0.1) is 5.92 Å². The van der Waals surface area contributed by atoms with E-state index in [2.05, 4.69) is 10.6 Å². The molecule has 13 nitrogen and oxygen atoms in total. The zero-order chi connectivity index (χ0) is 24.1. The molecule has 0 aliphatic rings. The molecule has 178 valence electrons. The number of carbonyl (C=O) groups excluding carboxylic acids is 3. The molecule has 3 amide bonds. The molecule has 31 heavy (non-hydrogen) atoms. The molecule has 0 radical (unpaired) electrons. The first-order chi connectivity index (χ1) is 14.4. The SMILES string of the molecule is CC(C)C(N)C(=O)NC(CCCCN)C(=O)NC(CO)C(=O)NC(CC(=O)O)C(=O)O. The van der Waals surface area contributed by atoms with Gasteiger partial charge in [0.25, 0.3) is 0 Å². The van der Waals surface area contributed by atoms with E-state index in [4.69, 9.17) is 21.7 Å². The van der Waals surface area contributed by atoms with Gasteiger partial charge in [0.1, 0.15) is 18.1 Å². The molecule has 0 aromatic heterocycles. The molecule has 0 rings (SSSR count). The Hall–Kier alpha value is -2.77. The summed E-state index contributed by atoms with van der Waals surface area (Å²) in [5.74, 6) is -5.68. The lowest BCUT2D eigenvalue weighted by atomic mass is 10.0. The fourth-order valence-corrected chi connectivity index (χ4v) is 2.45. The van der Waals surface area contributed by atoms with Crippen molar-refractivity contribution in [2.45, 2.75) is 63.7 Å². The maximum absolute atomic E-state index is 12.6. The summed E-state index contributed by atoms with van der Waals surface area (Å²) in [6.45, 7) is 2.95. The molecule has 0 saturated carbocycles. The fourth-order valence-electron chi connectivity index (χ4n) is 2.45. The highest BCUT2D eigenvalue weighted by molar-refractivity contribution is 5.94. The van der Waals surface area contributed by atoms with E-state index in [1.165, 1.54) is 0 Å². The minimum atomic E-state index is -1.75. The van der Waals surface area contributed by atoms with E-state index in [9.17, 15) is 29.1 Å². The maximum atomic E-state index is 12.6. The van der Waals surface area contributed by atoms with Crippen LogP contribution in [0.1, 0.15) is 39.5 Å². The third-order valence-electron chi connectivity index (χ3n) is 4.41. The largest absolute Gasteiger partial charge is 0.481 e. The van der Waals surface area contributed by atoms with Gasteiger partial charge >= 0.3 is 11.9 Å². The van der Waals surface area contributed by atoms with Gasteiger partial charge in [0.15, 0.2) is 0 Å². The number of amides is 3. The number of hydrogen-bond donors (Lipinski definition) is 8. The fraction of sp³-hybridized carbons (Fsp3) is 0.722. The molecule has 0 fully saturated rings. The molecule has 0 saturated heterocycles. The van der Waals surface area contributed by atoms with Gasteiger partial charge in [-0.2, -0.15) is 0 Å². The van der Waals surface area contributed by atoms with E-state index < -0.39 is 66.9 Å². The summed E-state index contributed by atoms with van der Waals surface area (Å²) in [5, 5.41) is 33.9. The van der Waals surface area contributed by atoms with Crippen LogP contribution in [0.4, 0.5) is 0 Å². The highest BCUT2D eigenvalue weighted by Crippen LogP contribution is 2.05. The van der Waals surface area contributed by atoms with Gasteiger partial charge in [-0.05, 0) is 31.7 Å². The van der Waals surface area contributed by atoms with Crippen molar-refractivity contribution < 1.29 is 39.3 Å². The van der Waals surface area contributed by atoms with Crippen molar-refractivity contribution in [3.63, 3.8) is 0 Å². The molecule has 10 N–H and O–H groups in total. The van der Waals surface area contributed by atoms with Gasteiger partial charge in [-0.25, -0.2) is 4.79 Å². The van der Waals surface area contributed by atoms with Crippen molar-refractivity contribution in [1.29, 1.82) is 0 Å². The number of aliphatic hydroxyl groups excluding tert-OH is 1. The summed E-state index contributed by atoms with van der Waals surface area (Å²) in [7, 11) is 0. The second-order valence-corrected chi connectivity index (χ2v) is 7.36. The highest BCUT2D eigenvalue weighted by Gasteiger charge is 2.31. The highest BCUT2D eigenvalue weighted by atomic mass is 16.4. The van der Waals surface area contributed by atoms with Gasteiger partial charge in [-0.1, -0.05) is 13.8 Å². The molecular formula is C18H33N5O8. The number of carbonyl (C=O) groups is 5. The number of unbranched alkanes of at least 4 members (excludes halogenated alkanes) is 1. The monoisotopic (exact) mass is 447 g/mol. The first-order valence-corrected chi connectivity index (χ1v) is 9.86. The lowest BCUT2D eigenvalue weighted by Crippen LogP contribution is -2.58. The smallest absolute Gasteiger partial charge is 0.326 e. The zero-order valence-electron chi connectivity index (χ0n) is 17.7. The number of nitrogens with two attached hydrogens (primary N) is 2. The van der Waals surface area contributed by atoms with Crippen molar-refractivity contribution >= 4 is 29.7 Å². The van der Waals surface area contributed by atoms with E-state index >= 15 is 0 Å². The zero-order valence-corrected chi connectivity index (χ0v) is 17.7. The van der Waals surface area contributed by atoms with Crippen LogP contribution in [-0.2, 0) is 24.0 Å². The Labute approximate surface area is 179 Å². The molecule has 0 aromatic rings. The Kier molecular flexibility index (Phi) is 13.0. The number of aliphatic carboxylic acids is 2. The Morgan fingerprint density at radius 1 is 0.839 bits per heavy atom.